The van der Waals surface area contributed by atoms with Crippen LogP contribution in [0.25, 0.3) is 10.2 Å². The van der Waals surface area contributed by atoms with Gasteiger partial charge in [-0.3, -0.25) is 4.79 Å². The molecule has 0 spiro atoms. The zero-order chi connectivity index (χ0) is 19.5. The Balaban J connectivity index is 1.41. The van der Waals surface area contributed by atoms with Gasteiger partial charge in [-0.2, -0.15) is 0 Å². The van der Waals surface area contributed by atoms with Crippen LogP contribution in [0.15, 0.2) is 36.4 Å². The summed E-state index contributed by atoms with van der Waals surface area (Å²) >= 11 is 1.74. The number of benzene rings is 1. The highest BCUT2D eigenvalue weighted by molar-refractivity contribution is 7.18. The fraction of sp³-hybridized carbons (Fsp3) is 0.381. The van der Waals surface area contributed by atoms with Crippen molar-refractivity contribution in [3.05, 3.63) is 47.1 Å². The summed E-state index contributed by atoms with van der Waals surface area (Å²) < 4.78 is 5.60. The van der Waals surface area contributed by atoms with Crippen molar-refractivity contribution >= 4 is 33.3 Å². The van der Waals surface area contributed by atoms with Gasteiger partial charge in [-0.25, -0.2) is 9.97 Å². The fourth-order valence-corrected chi connectivity index (χ4v) is 4.40. The van der Waals surface area contributed by atoms with Crippen LogP contribution in [0.1, 0.15) is 17.6 Å². The number of carbonyl (C=O) groups is 1. The summed E-state index contributed by atoms with van der Waals surface area (Å²) in [6.07, 6.45) is 1.00. The molecular formula is C21H24N4O2S. The van der Waals surface area contributed by atoms with Gasteiger partial charge in [-0.15, -0.1) is 11.3 Å². The topological polar surface area (TPSA) is 58.6 Å². The second-order valence-corrected chi connectivity index (χ2v) is 7.96. The van der Waals surface area contributed by atoms with Crippen molar-refractivity contribution < 1.29 is 9.53 Å². The molecule has 0 atom stereocenters. The molecule has 1 aliphatic heterocycles. The molecular weight excluding hydrogens is 372 g/mol. The van der Waals surface area contributed by atoms with E-state index in [4.69, 9.17) is 9.72 Å². The van der Waals surface area contributed by atoms with E-state index in [1.54, 1.807) is 11.3 Å². The largest absolute Gasteiger partial charge is 0.484 e. The number of rotatable bonds is 5. The van der Waals surface area contributed by atoms with Crippen molar-refractivity contribution in [2.75, 3.05) is 37.7 Å². The van der Waals surface area contributed by atoms with E-state index >= 15 is 0 Å². The van der Waals surface area contributed by atoms with Gasteiger partial charge in [0.2, 0.25) is 0 Å². The third-order valence-corrected chi connectivity index (χ3v) is 6.09. The first kappa shape index (κ1) is 18.7. The smallest absolute Gasteiger partial charge is 0.260 e. The number of aromatic nitrogens is 2. The molecule has 0 aliphatic carbocycles. The monoisotopic (exact) mass is 396 g/mol. The molecule has 28 heavy (non-hydrogen) atoms. The van der Waals surface area contributed by atoms with Crippen LogP contribution in [0.4, 0.5) is 5.82 Å². The summed E-state index contributed by atoms with van der Waals surface area (Å²) in [5, 5.41) is 1.12. The van der Waals surface area contributed by atoms with Crippen molar-refractivity contribution in [3.63, 3.8) is 0 Å². The highest BCUT2D eigenvalue weighted by Crippen LogP contribution is 2.31. The maximum Gasteiger partial charge on any atom is 0.260 e. The lowest BCUT2D eigenvalue weighted by atomic mass is 10.2. The second kappa shape index (κ2) is 8.14. The van der Waals surface area contributed by atoms with E-state index < -0.39 is 0 Å². The van der Waals surface area contributed by atoms with Gasteiger partial charge >= 0.3 is 0 Å². The lowest BCUT2D eigenvalue weighted by Crippen LogP contribution is -2.50. The van der Waals surface area contributed by atoms with Gasteiger partial charge in [0.05, 0.1) is 5.39 Å². The molecule has 0 bridgehead atoms. The number of hydrogen-bond acceptors (Lipinski definition) is 6. The maximum atomic E-state index is 12.5. The normalized spacial score (nSPS) is 14.5. The number of nitrogens with zero attached hydrogens (tertiary/aromatic N) is 4. The molecule has 1 aliphatic rings. The number of para-hydroxylation sites is 1. The minimum absolute atomic E-state index is 0.0244. The fourth-order valence-electron chi connectivity index (χ4n) is 3.40. The van der Waals surface area contributed by atoms with Crippen LogP contribution in [0.5, 0.6) is 5.75 Å². The zero-order valence-electron chi connectivity index (χ0n) is 16.2. The van der Waals surface area contributed by atoms with Gasteiger partial charge in [0.25, 0.3) is 5.91 Å². The lowest BCUT2D eigenvalue weighted by Gasteiger charge is -2.35. The summed E-state index contributed by atoms with van der Waals surface area (Å²) in [4.78, 5) is 28.3. The molecule has 0 radical (unpaired) electrons. The zero-order valence-corrected chi connectivity index (χ0v) is 17.0. The Morgan fingerprint density at radius 3 is 2.61 bits per heavy atom. The number of amides is 1. The molecule has 0 N–H and O–H groups in total. The Hall–Kier alpha value is -2.67. The first-order valence-electron chi connectivity index (χ1n) is 9.61. The molecule has 1 amide bonds. The number of aryl methyl sites for hydroxylation is 2. The van der Waals surface area contributed by atoms with E-state index in [2.05, 4.69) is 22.9 Å². The van der Waals surface area contributed by atoms with Crippen LogP contribution in [0.2, 0.25) is 0 Å². The average molecular weight is 397 g/mol. The van der Waals surface area contributed by atoms with Crippen molar-refractivity contribution in [2.45, 2.75) is 20.3 Å². The third kappa shape index (κ3) is 3.94. The number of fused-ring (bicyclic) bond motifs is 1. The van der Waals surface area contributed by atoms with Gasteiger partial charge < -0.3 is 14.5 Å². The van der Waals surface area contributed by atoms with Crippen LogP contribution in [0, 0.1) is 6.92 Å². The molecule has 2 aromatic heterocycles. The van der Waals surface area contributed by atoms with Crippen LogP contribution in [0.3, 0.4) is 0 Å². The van der Waals surface area contributed by atoms with Gasteiger partial charge in [0.1, 0.15) is 22.2 Å². The average Bonchev–Trinajstić information content (AvgIpc) is 3.15. The minimum Gasteiger partial charge on any atom is -0.484 e. The maximum absolute atomic E-state index is 12.5. The Labute approximate surface area is 168 Å². The van der Waals surface area contributed by atoms with Crippen molar-refractivity contribution in [1.82, 2.24) is 14.9 Å². The highest BCUT2D eigenvalue weighted by atomic mass is 32.1. The van der Waals surface area contributed by atoms with E-state index in [1.165, 1.54) is 4.88 Å². The van der Waals surface area contributed by atoms with Gasteiger partial charge in [0.15, 0.2) is 6.61 Å². The molecule has 4 rings (SSSR count). The van der Waals surface area contributed by atoms with Gasteiger partial charge in [0, 0.05) is 31.1 Å². The number of thiophene rings is 1. The molecule has 1 aromatic carbocycles. The van der Waals surface area contributed by atoms with E-state index in [9.17, 15) is 4.79 Å². The summed E-state index contributed by atoms with van der Waals surface area (Å²) in [6.45, 7) is 7.05. The summed E-state index contributed by atoms with van der Waals surface area (Å²) in [5.41, 5.74) is 0. The molecule has 0 saturated carbocycles. The molecule has 3 heterocycles. The number of ether oxygens (including phenoxy) is 1. The highest BCUT2D eigenvalue weighted by Gasteiger charge is 2.24. The third-order valence-electron chi connectivity index (χ3n) is 4.92. The minimum atomic E-state index is 0.0244. The van der Waals surface area contributed by atoms with E-state index in [1.807, 2.05) is 42.2 Å². The molecule has 1 saturated heterocycles. The predicted octanol–water partition coefficient (Wildman–Crippen LogP) is 3.29. The standard InChI is InChI=1S/C21H24N4O2S/c1-3-17-13-18-20(22-15(2)23-21(18)28-17)25-11-9-24(10-12-25)19(26)14-27-16-7-5-4-6-8-16/h4-8,13H,3,9-12,14H2,1-2H3. The molecule has 6 nitrogen and oxygen atoms in total. The quantitative estimate of drug-likeness (QED) is 0.662. The predicted molar refractivity (Wildman–Crippen MR) is 112 cm³/mol. The Kier molecular flexibility index (Phi) is 5.43. The van der Waals surface area contributed by atoms with Gasteiger partial charge in [-0.05, 0) is 31.5 Å². The van der Waals surface area contributed by atoms with Crippen molar-refractivity contribution in [3.8, 4) is 5.75 Å². The molecule has 3 aromatic rings. The Morgan fingerprint density at radius 1 is 1.14 bits per heavy atom. The van der Waals surface area contributed by atoms with Crippen molar-refractivity contribution in [2.24, 2.45) is 0 Å². The Morgan fingerprint density at radius 2 is 1.89 bits per heavy atom. The summed E-state index contributed by atoms with van der Waals surface area (Å²) in [5.74, 6) is 2.53. The van der Waals surface area contributed by atoms with Crippen LogP contribution >= 0.6 is 11.3 Å². The first-order chi connectivity index (χ1) is 13.6. The molecule has 146 valence electrons. The Bertz CT molecular complexity index is 965. The molecule has 0 unspecified atom stereocenters. The second-order valence-electron chi connectivity index (χ2n) is 6.85. The SMILES string of the molecule is CCc1cc2c(N3CCN(C(=O)COc4ccccc4)CC3)nc(C)nc2s1. The number of carbonyl (C=O) groups excluding carboxylic acids is 1. The van der Waals surface area contributed by atoms with Gasteiger partial charge in [-0.1, -0.05) is 25.1 Å². The van der Waals surface area contributed by atoms with Crippen LogP contribution in [-0.2, 0) is 11.2 Å². The van der Waals surface area contributed by atoms with E-state index in [0.29, 0.717) is 13.1 Å². The number of hydrogen-bond donors (Lipinski definition) is 0. The number of anilines is 1. The lowest BCUT2D eigenvalue weighted by molar-refractivity contribution is -0.133. The van der Waals surface area contributed by atoms with Crippen molar-refractivity contribution in [1.29, 1.82) is 0 Å². The van der Waals surface area contributed by atoms with E-state index in [-0.39, 0.29) is 12.5 Å². The number of piperazine rings is 1. The molecule has 7 heteroatoms. The first-order valence-corrected chi connectivity index (χ1v) is 10.4. The van der Waals surface area contributed by atoms with Crippen LogP contribution < -0.4 is 9.64 Å². The summed E-state index contributed by atoms with van der Waals surface area (Å²) in [7, 11) is 0. The molecule has 1 fully saturated rings. The van der Waals surface area contributed by atoms with Crippen LogP contribution in [-0.4, -0.2) is 53.6 Å². The summed E-state index contributed by atoms with van der Waals surface area (Å²) in [6, 6.07) is 11.7. The van der Waals surface area contributed by atoms with E-state index in [0.717, 1.165) is 47.1 Å².